The number of carbonyl (C=O) groups is 1. The fourth-order valence-electron chi connectivity index (χ4n) is 2.56. The number of hydrogen-bond donors (Lipinski definition) is 0. The van der Waals surface area contributed by atoms with E-state index in [1.807, 2.05) is 24.3 Å². The van der Waals surface area contributed by atoms with Crippen LogP contribution >= 0.6 is 11.3 Å². The normalized spacial score (nSPS) is 13.0. The molecule has 0 atom stereocenters. The van der Waals surface area contributed by atoms with Crippen LogP contribution in [0.4, 0.5) is 5.13 Å². The Kier molecular flexibility index (Phi) is 3.78. The fourth-order valence-corrected chi connectivity index (χ4v) is 3.58. The molecule has 0 saturated carbocycles. The molecule has 3 heterocycles. The van der Waals surface area contributed by atoms with Crippen molar-refractivity contribution in [2.75, 3.05) is 18.1 Å². The predicted molar refractivity (Wildman–Crippen MR) is 91.7 cm³/mol. The zero-order chi connectivity index (χ0) is 16.5. The third-order valence-electron chi connectivity index (χ3n) is 3.72. The lowest BCUT2D eigenvalue weighted by atomic mass is 10.2. The van der Waals surface area contributed by atoms with Gasteiger partial charge < -0.3 is 9.47 Å². The molecule has 7 heteroatoms. The first kappa shape index (κ1) is 14.9. The molecule has 0 unspecified atom stereocenters. The number of nitrogens with zero attached hydrogens (tertiary/aromatic N) is 3. The smallest absolute Gasteiger partial charge is 0.225 e. The maximum Gasteiger partial charge on any atom is 0.225 e. The van der Waals surface area contributed by atoms with Crippen LogP contribution in [0.3, 0.4) is 0 Å². The minimum Gasteiger partial charge on any atom is -0.486 e. The van der Waals surface area contributed by atoms with Crippen LogP contribution in [-0.2, 0) is 11.3 Å². The molecule has 3 aromatic rings. The van der Waals surface area contributed by atoms with Gasteiger partial charge in [-0.2, -0.15) is 0 Å². The molecule has 0 fully saturated rings. The van der Waals surface area contributed by atoms with E-state index >= 15 is 0 Å². The average Bonchev–Trinajstić information content (AvgIpc) is 3.00. The Morgan fingerprint density at radius 3 is 2.79 bits per heavy atom. The summed E-state index contributed by atoms with van der Waals surface area (Å²) >= 11 is 1.46. The lowest BCUT2D eigenvalue weighted by Crippen LogP contribution is -2.27. The molecule has 2 aromatic heterocycles. The second-order valence-corrected chi connectivity index (χ2v) is 6.44. The van der Waals surface area contributed by atoms with Crippen molar-refractivity contribution in [1.29, 1.82) is 0 Å². The third-order valence-corrected chi connectivity index (χ3v) is 4.76. The number of pyridine rings is 1. The number of aromatic nitrogens is 2. The van der Waals surface area contributed by atoms with Crippen molar-refractivity contribution in [2.24, 2.45) is 0 Å². The first-order valence-electron chi connectivity index (χ1n) is 7.58. The standard InChI is InChI=1S/C17H15N3O3S/c1-11(21)20(10-12-3-2-4-18-9-12)17-19-13-7-14-15(8-16(13)24-17)23-6-5-22-14/h2-4,7-9H,5-6,10H2,1H3. The number of anilines is 1. The van der Waals surface area contributed by atoms with Crippen molar-refractivity contribution in [1.82, 2.24) is 9.97 Å². The van der Waals surface area contributed by atoms with Gasteiger partial charge in [0.25, 0.3) is 0 Å². The number of fused-ring (bicyclic) bond motifs is 2. The molecular formula is C17H15N3O3S. The first-order chi connectivity index (χ1) is 11.7. The molecule has 1 amide bonds. The van der Waals surface area contributed by atoms with Crippen LogP contribution in [0.5, 0.6) is 11.5 Å². The zero-order valence-electron chi connectivity index (χ0n) is 13.1. The van der Waals surface area contributed by atoms with Crippen molar-refractivity contribution in [3.05, 3.63) is 42.2 Å². The van der Waals surface area contributed by atoms with E-state index in [9.17, 15) is 4.79 Å². The molecule has 0 bridgehead atoms. The Hall–Kier alpha value is -2.67. The van der Waals surface area contributed by atoms with Gasteiger partial charge in [0.2, 0.25) is 5.91 Å². The fraction of sp³-hybridized carbons (Fsp3) is 0.235. The summed E-state index contributed by atoms with van der Waals surface area (Å²) in [6.45, 7) is 3.07. The van der Waals surface area contributed by atoms with E-state index in [4.69, 9.17) is 9.47 Å². The summed E-state index contributed by atoms with van der Waals surface area (Å²) in [4.78, 5) is 22.5. The first-order valence-corrected chi connectivity index (χ1v) is 8.39. The Labute approximate surface area is 142 Å². The number of ether oxygens (including phenoxy) is 2. The molecule has 24 heavy (non-hydrogen) atoms. The Morgan fingerprint density at radius 2 is 2.08 bits per heavy atom. The van der Waals surface area contributed by atoms with Crippen LogP contribution in [0.2, 0.25) is 0 Å². The Balaban J connectivity index is 1.71. The molecular weight excluding hydrogens is 326 g/mol. The van der Waals surface area contributed by atoms with Gasteiger partial charge in [0, 0.05) is 31.5 Å². The summed E-state index contributed by atoms with van der Waals surface area (Å²) in [5.74, 6) is 1.37. The van der Waals surface area contributed by atoms with Gasteiger partial charge in [-0.3, -0.25) is 14.7 Å². The van der Waals surface area contributed by atoms with Gasteiger partial charge in [-0.05, 0) is 11.6 Å². The van der Waals surface area contributed by atoms with Crippen molar-refractivity contribution in [3.63, 3.8) is 0 Å². The van der Waals surface area contributed by atoms with Gasteiger partial charge in [-0.1, -0.05) is 17.4 Å². The highest BCUT2D eigenvalue weighted by Gasteiger charge is 2.20. The van der Waals surface area contributed by atoms with Gasteiger partial charge in [0.05, 0.1) is 16.8 Å². The minimum absolute atomic E-state index is 0.0600. The number of benzene rings is 1. The van der Waals surface area contributed by atoms with E-state index in [0.29, 0.717) is 30.6 Å². The monoisotopic (exact) mass is 341 g/mol. The van der Waals surface area contributed by atoms with E-state index in [-0.39, 0.29) is 5.91 Å². The topological polar surface area (TPSA) is 64.6 Å². The Morgan fingerprint density at radius 1 is 1.29 bits per heavy atom. The number of amides is 1. The summed E-state index contributed by atoms with van der Waals surface area (Å²) in [6.07, 6.45) is 3.47. The summed E-state index contributed by atoms with van der Waals surface area (Å²) < 4.78 is 12.2. The minimum atomic E-state index is -0.0600. The molecule has 4 rings (SSSR count). The van der Waals surface area contributed by atoms with Crippen LogP contribution in [0.1, 0.15) is 12.5 Å². The van der Waals surface area contributed by atoms with Gasteiger partial charge >= 0.3 is 0 Å². The highest BCUT2D eigenvalue weighted by molar-refractivity contribution is 7.22. The predicted octanol–water partition coefficient (Wildman–Crippen LogP) is 3.02. The van der Waals surface area contributed by atoms with E-state index in [0.717, 1.165) is 21.5 Å². The largest absolute Gasteiger partial charge is 0.486 e. The molecule has 1 aliphatic rings. The number of rotatable bonds is 3. The maximum atomic E-state index is 12.1. The number of thiazole rings is 1. The van der Waals surface area contributed by atoms with Crippen LogP contribution in [-0.4, -0.2) is 29.1 Å². The number of carbonyl (C=O) groups excluding carboxylic acids is 1. The highest BCUT2D eigenvalue weighted by Crippen LogP contribution is 2.39. The Bertz CT molecular complexity index is 852. The maximum absolute atomic E-state index is 12.1. The molecule has 1 aliphatic heterocycles. The molecule has 122 valence electrons. The molecule has 6 nitrogen and oxygen atoms in total. The molecule has 0 radical (unpaired) electrons. The third kappa shape index (κ3) is 2.78. The van der Waals surface area contributed by atoms with E-state index in [2.05, 4.69) is 9.97 Å². The van der Waals surface area contributed by atoms with Gasteiger partial charge in [0.15, 0.2) is 16.6 Å². The van der Waals surface area contributed by atoms with Gasteiger partial charge in [-0.25, -0.2) is 4.98 Å². The van der Waals surface area contributed by atoms with Crippen molar-refractivity contribution >= 4 is 32.6 Å². The molecule has 0 spiro atoms. The van der Waals surface area contributed by atoms with E-state index in [1.165, 1.54) is 11.3 Å². The van der Waals surface area contributed by atoms with Crippen LogP contribution < -0.4 is 14.4 Å². The van der Waals surface area contributed by atoms with Crippen molar-refractivity contribution in [3.8, 4) is 11.5 Å². The second kappa shape index (κ2) is 6.09. The van der Waals surface area contributed by atoms with Crippen molar-refractivity contribution in [2.45, 2.75) is 13.5 Å². The van der Waals surface area contributed by atoms with Crippen molar-refractivity contribution < 1.29 is 14.3 Å². The molecule has 0 N–H and O–H groups in total. The highest BCUT2D eigenvalue weighted by atomic mass is 32.1. The lowest BCUT2D eigenvalue weighted by molar-refractivity contribution is -0.116. The van der Waals surface area contributed by atoms with Crippen LogP contribution in [0, 0.1) is 0 Å². The summed E-state index contributed by atoms with van der Waals surface area (Å²) in [6, 6.07) is 7.59. The van der Waals surface area contributed by atoms with Crippen LogP contribution in [0.15, 0.2) is 36.7 Å². The quantitative estimate of drug-likeness (QED) is 0.733. The van der Waals surface area contributed by atoms with Gasteiger partial charge in [0.1, 0.15) is 13.2 Å². The summed E-state index contributed by atoms with van der Waals surface area (Å²) in [5.41, 5.74) is 1.76. The average molecular weight is 341 g/mol. The summed E-state index contributed by atoms with van der Waals surface area (Å²) in [7, 11) is 0. The van der Waals surface area contributed by atoms with E-state index < -0.39 is 0 Å². The van der Waals surface area contributed by atoms with Crippen LogP contribution in [0.25, 0.3) is 10.2 Å². The molecule has 0 aliphatic carbocycles. The zero-order valence-corrected chi connectivity index (χ0v) is 13.9. The number of hydrogen-bond acceptors (Lipinski definition) is 6. The summed E-state index contributed by atoms with van der Waals surface area (Å²) in [5, 5.41) is 0.656. The second-order valence-electron chi connectivity index (χ2n) is 5.43. The van der Waals surface area contributed by atoms with Gasteiger partial charge in [-0.15, -0.1) is 0 Å². The molecule has 1 aromatic carbocycles. The SMILES string of the molecule is CC(=O)N(Cc1cccnc1)c1nc2cc3c(cc2s1)OCCO3. The lowest BCUT2D eigenvalue weighted by Gasteiger charge is -2.17. The molecule has 0 saturated heterocycles. The van der Waals surface area contributed by atoms with E-state index in [1.54, 1.807) is 24.2 Å².